The smallest absolute Gasteiger partial charge is 0.291 e. The van der Waals surface area contributed by atoms with Crippen molar-refractivity contribution in [2.24, 2.45) is 0 Å². The van der Waals surface area contributed by atoms with E-state index < -0.39 is 0 Å². The largest absolute Gasteiger partial charge is 0.459 e. The Labute approximate surface area is 190 Å². The normalized spacial score (nSPS) is 14.2. The lowest BCUT2D eigenvalue weighted by atomic mass is 9.96. The number of carbonyl (C=O) groups is 2. The Balaban J connectivity index is 1.17. The van der Waals surface area contributed by atoms with Crippen LogP contribution in [0, 0.1) is 0 Å². The second-order valence-corrected chi connectivity index (χ2v) is 7.90. The minimum atomic E-state index is -0.336. The number of piperidine rings is 1. The minimum absolute atomic E-state index is 0.0344. The molecule has 0 spiro atoms. The number of rotatable bonds is 5. The van der Waals surface area contributed by atoms with Crippen LogP contribution in [0.2, 0.25) is 0 Å². The Morgan fingerprint density at radius 3 is 2.39 bits per heavy atom. The third-order valence-electron chi connectivity index (χ3n) is 5.74. The summed E-state index contributed by atoms with van der Waals surface area (Å²) in [6, 6.07) is 19.8. The highest BCUT2D eigenvalue weighted by atomic mass is 16.5. The topological polar surface area (TPSA) is 101 Å². The van der Waals surface area contributed by atoms with Gasteiger partial charge in [-0.25, -0.2) is 0 Å². The standard InChI is InChI=1S/C25H22N4O4/c30-23(21-7-4-16-32-21)26-20-10-8-19(9-11-20)25(31)29-14-12-18(13-15-29)24-27-22(28-33-24)17-5-2-1-3-6-17/h1-11,16,18H,12-15H2,(H,26,30). The number of aromatic nitrogens is 2. The van der Waals surface area contributed by atoms with Crippen LogP contribution >= 0.6 is 0 Å². The second-order valence-electron chi connectivity index (χ2n) is 7.90. The zero-order valence-electron chi connectivity index (χ0n) is 17.8. The fourth-order valence-electron chi connectivity index (χ4n) is 3.91. The third-order valence-corrected chi connectivity index (χ3v) is 5.74. The molecule has 2 aromatic carbocycles. The number of anilines is 1. The molecule has 1 N–H and O–H groups in total. The van der Waals surface area contributed by atoms with Crippen molar-refractivity contribution in [3.05, 3.63) is 90.2 Å². The third kappa shape index (κ3) is 4.55. The van der Waals surface area contributed by atoms with E-state index in [4.69, 9.17) is 8.94 Å². The molecule has 166 valence electrons. The zero-order valence-corrected chi connectivity index (χ0v) is 17.8. The van der Waals surface area contributed by atoms with Gasteiger partial charge in [0, 0.05) is 35.8 Å². The minimum Gasteiger partial charge on any atom is -0.459 e. The molecule has 33 heavy (non-hydrogen) atoms. The fourth-order valence-corrected chi connectivity index (χ4v) is 3.91. The number of benzene rings is 2. The van der Waals surface area contributed by atoms with Crippen LogP contribution in [-0.4, -0.2) is 39.9 Å². The number of hydrogen-bond acceptors (Lipinski definition) is 6. The Morgan fingerprint density at radius 1 is 0.939 bits per heavy atom. The van der Waals surface area contributed by atoms with Crippen LogP contribution < -0.4 is 5.32 Å². The van der Waals surface area contributed by atoms with Crippen LogP contribution in [0.4, 0.5) is 5.69 Å². The van der Waals surface area contributed by atoms with Gasteiger partial charge in [-0.2, -0.15) is 4.98 Å². The van der Waals surface area contributed by atoms with Crippen molar-refractivity contribution >= 4 is 17.5 Å². The van der Waals surface area contributed by atoms with Crippen molar-refractivity contribution in [3.63, 3.8) is 0 Å². The van der Waals surface area contributed by atoms with E-state index in [1.165, 1.54) is 6.26 Å². The van der Waals surface area contributed by atoms with Gasteiger partial charge >= 0.3 is 0 Å². The molecule has 0 unspecified atom stereocenters. The first-order valence-electron chi connectivity index (χ1n) is 10.8. The van der Waals surface area contributed by atoms with Gasteiger partial charge in [-0.15, -0.1) is 0 Å². The fraction of sp³-hybridized carbons (Fsp3) is 0.200. The van der Waals surface area contributed by atoms with Crippen LogP contribution in [0.25, 0.3) is 11.4 Å². The van der Waals surface area contributed by atoms with Gasteiger partial charge in [0.15, 0.2) is 5.76 Å². The van der Waals surface area contributed by atoms with Gasteiger partial charge in [0.1, 0.15) is 0 Å². The van der Waals surface area contributed by atoms with Gasteiger partial charge in [0.05, 0.1) is 6.26 Å². The lowest BCUT2D eigenvalue weighted by molar-refractivity contribution is 0.0704. The van der Waals surface area contributed by atoms with Crippen molar-refractivity contribution in [1.29, 1.82) is 0 Å². The van der Waals surface area contributed by atoms with Crippen molar-refractivity contribution in [2.45, 2.75) is 18.8 Å². The molecule has 5 rings (SSSR count). The summed E-state index contributed by atoms with van der Waals surface area (Å²) in [6.45, 7) is 1.23. The second kappa shape index (κ2) is 9.12. The Hall–Kier alpha value is -4.20. The average Bonchev–Trinajstić information content (AvgIpc) is 3.58. The highest BCUT2D eigenvalue weighted by Crippen LogP contribution is 2.29. The molecule has 1 fully saturated rings. The molecule has 8 heteroatoms. The van der Waals surface area contributed by atoms with E-state index in [1.807, 2.05) is 35.2 Å². The Morgan fingerprint density at radius 2 is 1.70 bits per heavy atom. The molecular formula is C25H22N4O4. The van der Waals surface area contributed by atoms with Crippen LogP contribution in [0.15, 0.2) is 81.9 Å². The average molecular weight is 442 g/mol. The summed E-state index contributed by atoms with van der Waals surface area (Å²) in [5.74, 6) is 1.21. The van der Waals surface area contributed by atoms with Gasteiger partial charge < -0.3 is 19.2 Å². The molecule has 2 amide bonds. The Kier molecular flexibility index (Phi) is 5.72. The van der Waals surface area contributed by atoms with Crippen molar-refractivity contribution in [2.75, 3.05) is 18.4 Å². The maximum absolute atomic E-state index is 12.9. The number of nitrogens with zero attached hydrogens (tertiary/aromatic N) is 3. The lowest BCUT2D eigenvalue weighted by Gasteiger charge is -2.30. The number of likely N-dealkylation sites (tertiary alicyclic amines) is 1. The molecule has 2 aromatic heterocycles. The van der Waals surface area contributed by atoms with E-state index in [2.05, 4.69) is 15.5 Å². The van der Waals surface area contributed by atoms with Crippen molar-refractivity contribution < 1.29 is 18.5 Å². The highest BCUT2D eigenvalue weighted by molar-refractivity contribution is 6.02. The molecule has 0 atom stereocenters. The SMILES string of the molecule is O=C(Nc1ccc(C(=O)N2CCC(c3nc(-c4ccccc4)no3)CC2)cc1)c1ccco1. The van der Waals surface area contributed by atoms with Crippen molar-refractivity contribution in [3.8, 4) is 11.4 Å². The first-order valence-corrected chi connectivity index (χ1v) is 10.8. The van der Waals surface area contributed by atoms with Crippen LogP contribution in [0.5, 0.6) is 0 Å². The van der Waals surface area contributed by atoms with E-state index in [9.17, 15) is 9.59 Å². The van der Waals surface area contributed by atoms with E-state index in [1.54, 1.807) is 36.4 Å². The van der Waals surface area contributed by atoms with E-state index in [0.717, 1.165) is 18.4 Å². The first kappa shape index (κ1) is 20.7. The summed E-state index contributed by atoms with van der Waals surface area (Å²) in [4.78, 5) is 31.4. The number of carbonyl (C=O) groups excluding carboxylic acids is 2. The maximum atomic E-state index is 12.9. The lowest BCUT2D eigenvalue weighted by Crippen LogP contribution is -2.38. The molecule has 1 aliphatic rings. The maximum Gasteiger partial charge on any atom is 0.291 e. The van der Waals surface area contributed by atoms with Crippen LogP contribution in [0.1, 0.15) is 45.6 Å². The molecule has 0 bridgehead atoms. The van der Waals surface area contributed by atoms with Gasteiger partial charge in [-0.1, -0.05) is 35.5 Å². The summed E-state index contributed by atoms with van der Waals surface area (Å²) in [5, 5.41) is 6.85. The van der Waals surface area contributed by atoms with E-state index in [-0.39, 0.29) is 23.5 Å². The van der Waals surface area contributed by atoms with E-state index in [0.29, 0.717) is 36.1 Å². The number of hydrogen-bond donors (Lipinski definition) is 1. The predicted octanol–water partition coefficient (Wildman–Crippen LogP) is 4.60. The number of amides is 2. The quantitative estimate of drug-likeness (QED) is 0.485. The highest BCUT2D eigenvalue weighted by Gasteiger charge is 2.28. The molecular weight excluding hydrogens is 420 g/mol. The molecule has 0 aliphatic carbocycles. The van der Waals surface area contributed by atoms with Crippen LogP contribution in [-0.2, 0) is 0 Å². The number of furan rings is 1. The van der Waals surface area contributed by atoms with E-state index >= 15 is 0 Å². The van der Waals surface area contributed by atoms with Crippen LogP contribution in [0.3, 0.4) is 0 Å². The molecule has 0 saturated carbocycles. The number of nitrogens with one attached hydrogen (secondary N) is 1. The zero-order chi connectivity index (χ0) is 22.6. The summed E-state index contributed by atoms with van der Waals surface area (Å²) >= 11 is 0. The van der Waals surface area contributed by atoms with Gasteiger partial charge in [0.2, 0.25) is 11.7 Å². The summed E-state index contributed by atoms with van der Waals surface area (Å²) in [7, 11) is 0. The molecule has 0 radical (unpaired) electrons. The summed E-state index contributed by atoms with van der Waals surface area (Å²) in [6.07, 6.45) is 2.97. The van der Waals surface area contributed by atoms with Crippen molar-refractivity contribution in [1.82, 2.24) is 15.0 Å². The molecule has 1 aliphatic heterocycles. The van der Waals surface area contributed by atoms with Gasteiger partial charge in [0.25, 0.3) is 11.8 Å². The molecule has 4 aromatic rings. The summed E-state index contributed by atoms with van der Waals surface area (Å²) < 4.78 is 10.6. The monoisotopic (exact) mass is 442 g/mol. The molecule has 8 nitrogen and oxygen atoms in total. The first-order chi connectivity index (χ1) is 16.2. The molecule has 1 saturated heterocycles. The predicted molar refractivity (Wildman–Crippen MR) is 121 cm³/mol. The van der Waals surface area contributed by atoms with Gasteiger partial charge in [-0.05, 0) is 49.2 Å². The molecule has 3 heterocycles. The Bertz CT molecular complexity index is 1230. The van der Waals surface area contributed by atoms with Gasteiger partial charge in [-0.3, -0.25) is 9.59 Å². The summed E-state index contributed by atoms with van der Waals surface area (Å²) in [5.41, 5.74) is 2.09.